The van der Waals surface area contributed by atoms with Crippen LogP contribution in [0.1, 0.15) is 50.7 Å². The van der Waals surface area contributed by atoms with Crippen LogP contribution < -0.4 is 4.90 Å². The fourth-order valence-corrected chi connectivity index (χ4v) is 7.60. The minimum atomic E-state index is -0.689. The standard InChI is InChI=1S/C33H31F2N3.C23H14FN.Ir/c1-21(2)28-15-24(23-9-7-6-8-10-23)16-29(22(3)4)33(28)25-17-31(27-12-11-26(34)19-30(27)35)36-32(18-25)38-14-13-37(5)20-38;24-21-13-11-19(12-14-21)23-16-20(17-7-3-1-4-8-17)15-22(25-23)18-9-5-2-6-10-18;/h6-11,13-22H,1-5H3;1-9,11,13-16H;/q2*-2;. The Balaban J connectivity index is 0.000000204. The Bertz CT molecular complexity index is 2780. The number of hydrogen-bond donors (Lipinski definition) is 0. The van der Waals surface area contributed by atoms with E-state index in [0.29, 0.717) is 11.5 Å². The minimum Gasteiger partial charge on any atom is -0.510 e. The smallest absolute Gasteiger partial charge is 0.0949 e. The number of pyridine rings is 2. The van der Waals surface area contributed by atoms with Gasteiger partial charge in [-0.3, -0.25) is 18.2 Å². The zero-order valence-electron chi connectivity index (χ0n) is 36.1. The number of nitrogens with zero attached hydrogens (tertiary/aromatic N) is 4. The molecule has 9 rings (SSSR count). The zero-order chi connectivity index (χ0) is 44.0. The molecule has 323 valence electrons. The van der Waals surface area contributed by atoms with Crippen LogP contribution >= 0.6 is 0 Å². The van der Waals surface area contributed by atoms with Gasteiger partial charge in [-0.15, -0.1) is 84.5 Å². The number of aromatic nitrogens is 2. The Hall–Kier alpha value is -6.60. The summed E-state index contributed by atoms with van der Waals surface area (Å²) in [5.41, 5.74) is 12.8. The second kappa shape index (κ2) is 20.3. The molecular weight excluding hydrogens is 978 g/mol. The molecule has 0 saturated carbocycles. The number of anilines is 1. The van der Waals surface area contributed by atoms with Gasteiger partial charge >= 0.3 is 0 Å². The first kappa shape index (κ1) is 45.4. The van der Waals surface area contributed by atoms with Crippen molar-refractivity contribution in [2.45, 2.75) is 39.5 Å². The third-order valence-electron chi connectivity index (χ3n) is 10.8. The first-order chi connectivity index (χ1) is 30.5. The van der Waals surface area contributed by atoms with Crippen molar-refractivity contribution in [1.82, 2.24) is 14.9 Å². The Labute approximate surface area is 388 Å². The van der Waals surface area contributed by atoms with Crippen molar-refractivity contribution in [3.63, 3.8) is 0 Å². The first-order valence-electron chi connectivity index (χ1n) is 20.9. The normalized spacial score (nSPS) is 12.0. The molecule has 8 heteroatoms. The van der Waals surface area contributed by atoms with Gasteiger partial charge in [0, 0.05) is 37.6 Å². The van der Waals surface area contributed by atoms with Gasteiger partial charge in [0.15, 0.2) is 0 Å². The molecule has 8 aromatic rings. The van der Waals surface area contributed by atoms with Crippen LogP contribution in [0.4, 0.5) is 19.0 Å². The minimum absolute atomic E-state index is 0. The maximum Gasteiger partial charge on any atom is 0.0949 e. The van der Waals surface area contributed by atoms with Crippen molar-refractivity contribution >= 4 is 5.82 Å². The summed E-state index contributed by atoms with van der Waals surface area (Å²) >= 11 is 0. The summed E-state index contributed by atoms with van der Waals surface area (Å²) < 4.78 is 41.9. The van der Waals surface area contributed by atoms with Crippen LogP contribution in [0, 0.1) is 42.3 Å². The summed E-state index contributed by atoms with van der Waals surface area (Å²) in [6, 6.07) is 56.2. The van der Waals surface area contributed by atoms with E-state index in [4.69, 9.17) is 9.97 Å². The van der Waals surface area contributed by atoms with Gasteiger partial charge in [0.1, 0.15) is 0 Å². The maximum atomic E-state index is 14.9. The molecule has 0 spiro atoms. The van der Waals surface area contributed by atoms with Crippen molar-refractivity contribution in [2.75, 3.05) is 11.9 Å². The summed E-state index contributed by atoms with van der Waals surface area (Å²) in [4.78, 5) is 13.3. The molecule has 1 radical (unpaired) electrons. The fraction of sp³-hybridized carbons (Fsp3) is 0.125. The summed E-state index contributed by atoms with van der Waals surface area (Å²) in [5.74, 6) is -0.534. The summed E-state index contributed by atoms with van der Waals surface area (Å²) in [6.07, 6.45) is 3.83. The van der Waals surface area contributed by atoms with Crippen molar-refractivity contribution in [3.05, 3.63) is 218 Å². The van der Waals surface area contributed by atoms with E-state index >= 15 is 0 Å². The Kier molecular flexibility index (Phi) is 14.4. The fourth-order valence-electron chi connectivity index (χ4n) is 7.60. The summed E-state index contributed by atoms with van der Waals surface area (Å²) in [7, 11) is 1.94. The Morgan fingerprint density at radius 3 is 1.64 bits per heavy atom. The third-order valence-corrected chi connectivity index (χ3v) is 10.8. The van der Waals surface area contributed by atoms with E-state index in [1.54, 1.807) is 6.07 Å². The van der Waals surface area contributed by atoms with E-state index < -0.39 is 11.6 Å². The van der Waals surface area contributed by atoms with E-state index in [2.05, 4.69) is 94.4 Å². The molecule has 2 aromatic heterocycles. The number of benzene rings is 6. The maximum absolute atomic E-state index is 14.9. The van der Waals surface area contributed by atoms with Gasteiger partial charge in [0.2, 0.25) is 0 Å². The quantitative estimate of drug-likeness (QED) is 0.135. The van der Waals surface area contributed by atoms with E-state index in [0.717, 1.165) is 56.9 Å². The second-order valence-electron chi connectivity index (χ2n) is 16.0. The van der Waals surface area contributed by atoms with E-state index in [1.165, 1.54) is 34.4 Å². The molecule has 1 aliphatic rings. The SMILES string of the molecule is CC(C)c1cc(-c2ccccc2)cc(C(C)C)c1-c1cc(-c2[c-]cc(F)cc2F)nc(N2C=CN(C)[CH-]2)c1.Fc1c[c-]c(-c2cc(-c3ccccc3)cc(-c3[c-]cccc3)n2)cc1.[Ir]. The van der Waals surface area contributed by atoms with E-state index in [9.17, 15) is 13.2 Å². The number of hydrogen-bond acceptors (Lipinski definition) is 4. The molecule has 6 aromatic carbocycles. The molecule has 3 heterocycles. The molecule has 0 amide bonds. The van der Waals surface area contributed by atoms with Gasteiger partial charge in [-0.2, -0.15) is 0 Å². The van der Waals surface area contributed by atoms with Gasteiger partial charge in [0.25, 0.3) is 0 Å². The molecular formula is C56H45F3IrN4-4. The van der Waals surface area contributed by atoms with Crippen molar-refractivity contribution in [3.8, 4) is 67.2 Å². The average molecular weight is 1020 g/mol. The molecule has 4 nitrogen and oxygen atoms in total. The summed E-state index contributed by atoms with van der Waals surface area (Å²) in [5, 5.41) is 0. The predicted molar refractivity (Wildman–Crippen MR) is 249 cm³/mol. The Morgan fingerprint density at radius 2 is 1.11 bits per heavy atom. The Morgan fingerprint density at radius 1 is 0.531 bits per heavy atom. The summed E-state index contributed by atoms with van der Waals surface area (Å²) in [6.45, 7) is 10.7. The van der Waals surface area contributed by atoms with E-state index in [-0.39, 0.29) is 43.3 Å². The average Bonchev–Trinajstić information content (AvgIpc) is 3.75. The monoisotopic (exact) mass is 1020 g/mol. The molecule has 1 aliphatic heterocycles. The van der Waals surface area contributed by atoms with Crippen molar-refractivity contribution < 1.29 is 33.3 Å². The zero-order valence-corrected chi connectivity index (χ0v) is 38.5. The molecule has 0 saturated heterocycles. The van der Waals surface area contributed by atoms with Gasteiger partial charge in [-0.05, 0) is 98.9 Å². The van der Waals surface area contributed by atoms with Crippen LogP contribution in [0.5, 0.6) is 0 Å². The topological polar surface area (TPSA) is 32.3 Å². The second-order valence-corrected chi connectivity index (χ2v) is 16.0. The molecule has 0 unspecified atom stereocenters. The predicted octanol–water partition coefficient (Wildman–Crippen LogP) is 14.6. The number of rotatable bonds is 9. The third kappa shape index (κ3) is 10.4. The van der Waals surface area contributed by atoms with Crippen LogP contribution in [-0.4, -0.2) is 21.9 Å². The van der Waals surface area contributed by atoms with Crippen molar-refractivity contribution in [2.24, 2.45) is 0 Å². The van der Waals surface area contributed by atoms with Crippen LogP contribution in [0.25, 0.3) is 67.2 Å². The van der Waals surface area contributed by atoms with Crippen LogP contribution in [0.3, 0.4) is 0 Å². The molecule has 0 atom stereocenters. The van der Waals surface area contributed by atoms with Gasteiger partial charge in [-0.1, -0.05) is 130 Å². The number of halogens is 3. The van der Waals surface area contributed by atoms with Crippen LogP contribution in [0.15, 0.2) is 164 Å². The van der Waals surface area contributed by atoms with E-state index in [1.807, 2.05) is 109 Å². The molecule has 0 bridgehead atoms. The van der Waals surface area contributed by atoms with Gasteiger partial charge < -0.3 is 14.8 Å². The molecule has 0 fully saturated rings. The molecule has 0 N–H and O–H groups in total. The van der Waals surface area contributed by atoms with Crippen LogP contribution in [0.2, 0.25) is 0 Å². The molecule has 0 aliphatic carbocycles. The van der Waals surface area contributed by atoms with Crippen molar-refractivity contribution in [1.29, 1.82) is 0 Å². The van der Waals surface area contributed by atoms with Gasteiger partial charge in [-0.25, -0.2) is 0 Å². The molecule has 64 heavy (non-hydrogen) atoms. The van der Waals surface area contributed by atoms with Gasteiger partial charge in [0.05, 0.1) is 5.82 Å². The van der Waals surface area contributed by atoms with Crippen LogP contribution in [-0.2, 0) is 20.1 Å². The largest absolute Gasteiger partial charge is 0.510 e. The first-order valence-corrected chi connectivity index (χ1v) is 20.9.